The number of likely N-dealkylation sites (tertiary alicyclic amines) is 1. The Morgan fingerprint density at radius 2 is 1.81 bits per heavy atom. The first-order valence-corrected chi connectivity index (χ1v) is 9.89. The van der Waals surface area contributed by atoms with Crippen LogP contribution >= 0.6 is 0 Å². The topological polar surface area (TPSA) is 116 Å². The second kappa shape index (κ2) is 7.63. The van der Waals surface area contributed by atoms with Gasteiger partial charge < -0.3 is 15.3 Å². The summed E-state index contributed by atoms with van der Waals surface area (Å²) in [6, 6.07) is 5.66. The summed E-state index contributed by atoms with van der Waals surface area (Å²) in [5, 5.41) is 11.7. The van der Waals surface area contributed by atoms with E-state index in [9.17, 15) is 18.0 Å². The van der Waals surface area contributed by atoms with E-state index in [4.69, 9.17) is 5.11 Å². The zero-order chi connectivity index (χ0) is 19.5. The number of nitrogens with zero attached hydrogens (tertiary/aromatic N) is 1. The highest BCUT2D eigenvalue weighted by Crippen LogP contribution is 2.20. The van der Waals surface area contributed by atoms with Crippen LogP contribution in [0.25, 0.3) is 0 Å². The van der Waals surface area contributed by atoms with Crippen molar-refractivity contribution >= 4 is 27.7 Å². The average molecular weight is 383 g/mol. The molecule has 1 aromatic carbocycles. The van der Waals surface area contributed by atoms with Crippen molar-refractivity contribution in [1.29, 1.82) is 0 Å². The number of carbonyl (C=O) groups is 2. The zero-order valence-electron chi connectivity index (χ0n) is 15.2. The molecule has 0 saturated carbocycles. The predicted molar refractivity (Wildman–Crippen MR) is 97.5 cm³/mol. The maximum atomic E-state index is 12.4. The Bertz CT molecular complexity index is 778. The van der Waals surface area contributed by atoms with Gasteiger partial charge in [-0.2, -0.15) is 0 Å². The number of urea groups is 1. The number of sulfonamides is 1. The first-order chi connectivity index (χ1) is 12.0. The summed E-state index contributed by atoms with van der Waals surface area (Å²) < 4.78 is 27.4. The standard InChI is InChI=1S/C17H25N3O5S/c1-17(2,3)19-26(24,25)14-6-4-5-13(11-14)18-16(23)20-9-7-12(8-10-20)15(21)22/h4-6,11-12,19H,7-10H2,1-3H3,(H,18,23)(H,21,22). The Hall–Kier alpha value is -2.13. The SMILES string of the molecule is CC(C)(C)NS(=O)(=O)c1cccc(NC(=O)N2CCC(C(=O)O)CC2)c1. The first-order valence-electron chi connectivity index (χ1n) is 8.41. The summed E-state index contributed by atoms with van der Waals surface area (Å²) in [5.41, 5.74) is -0.251. The van der Waals surface area contributed by atoms with Crippen molar-refractivity contribution in [2.75, 3.05) is 18.4 Å². The second-order valence-electron chi connectivity index (χ2n) is 7.41. The number of amides is 2. The van der Waals surface area contributed by atoms with Gasteiger partial charge in [-0.05, 0) is 51.8 Å². The molecule has 0 aliphatic carbocycles. The highest BCUT2D eigenvalue weighted by molar-refractivity contribution is 7.89. The van der Waals surface area contributed by atoms with Crippen LogP contribution in [-0.2, 0) is 14.8 Å². The third-order valence-electron chi connectivity index (χ3n) is 3.97. The largest absolute Gasteiger partial charge is 0.481 e. The molecule has 0 atom stereocenters. The van der Waals surface area contributed by atoms with Crippen molar-refractivity contribution in [2.24, 2.45) is 5.92 Å². The van der Waals surface area contributed by atoms with Crippen molar-refractivity contribution in [3.8, 4) is 0 Å². The number of anilines is 1. The van der Waals surface area contributed by atoms with Gasteiger partial charge >= 0.3 is 12.0 Å². The summed E-state index contributed by atoms with van der Waals surface area (Å²) in [7, 11) is -3.70. The van der Waals surface area contributed by atoms with Gasteiger partial charge in [0.15, 0.2) is 0 Å². The fourth-order valence-electron chi connectivity index (χ4n) is 2.74. The minimum absolute atomic E-state index is 0.0646. The second-order valence-corrected chi connectivity index (χ2v) is 9.10. The van der Waals surface area contributed by atoms with E-state index in [2.05, 4.69) is 10.0 Å². The maximum absolute atomic E-state index is 12.4. The molecule has 1 fully saturated rings. The van der Waals surface area contributed by atoms with Gasteiger partial charge in [0.2, 0.25) is 10.0 Å². The van der Waals surface area contributed by atoms with Crippen LogP contribution < -0.4 is 10.0 Å². The van der Waals surface area contributed by atoms with Gasteiger partial charge in [-0.3, -0.25) is 4.79 Å². The van der Waals surface area contributed by atoms with Crippen LogP contribution in [0.5, 0.6) is 0 Å². The minimum Gasteiger partial charge on any atom is -0.481 e. The maximum Gasteiger partial charge on any atom is 0.321 e. The van der Waals surface area contributed by atoms with E-state index in [-0.39, 0.29) is 10.9 Å². The molecule has 2 rings (SSSR count). The number of piperidine rings is 1. The van der Waals surface area contributed by atoms with Gasteiger partial charge in [0.05, 0.1) is 10.8 Å². The van der Waals surface area contributed by atoms with Gasteiger partial charge in [-0.1, -0.05) is 6.07 Å². The number of benzene rings is 1. The third-order valence-corrected chi connectivity index (χ3v) is 5.72. The number of carboxylic acid groups (broad SMARTS) is 1. The van der Waals surface area contributed by atoms with E-state index >= 15 is 0 Å². The lowest BCUT2D eigenvalue weighted by atomic mass is 9.97. The molecule has 8 nitrogen and oxygen atoms in total. The van der Waals surface area contributed by atoms with Crippen LogP contribution in [0, 0.1) is 5.92 Å². The Morgan fingerprint density at radius 1 is 1.19 bits per heavy atom. The van der Waals surface area contributed by atoms with Crippen LogP contribution in [0.15, 0.2) is 29.2 Å². The molecule has 2 amide bonds. The third kappa shape index (κ3) is 5.43. The molecule has 1 aliphatic heterocycles. The van der Waals surface area contributed by atoms with Crippen LogP contribution in [0.1, 0.15) is 33.6 Å². The molecule has 0 spiro atoms. The molecule has 3 N–H and O–H groups in total. The molecule has 144 valence electrons. The molecule has 0 radical (unpaired) electrons. The zero-order valence-corrected chi connectivity index (χ0v) is 16.0. The van der Waals surface area contributed by atoms with Crippen LogP contribution in [0.2, 0.25) is 0 Å². The van der Waals surface area contributed by atoms with Crippen LogP contribution in [0.4, 0.5) is 10.5 Å². The molecule has 26 heavy (non-hydrogen) atoms. The predicted octanol–water partition coefficient (Wildman–Crippen LogP) is 2.09. The summed E-state index contributed by atoms with van der Waals surface area (Å²) in [6.45, 7) is 5.95. The lowest BCUT2D eigenvalue weighted by Gasteiger charge is -2.30. The summed E-state index contributed by atoms with van der Waals surface area (Å²) in [5.74, 6) is -1.26. The molecule has 1 aliphatic rings. The van der Waals surface area contributed by atoms with Gasteiger partial charge in [0.1, 0.15) is 0 Å². The number of carboxylic acids is 1. The highest BCUT2D eigenvalue weighted by atomic mass is 32.2. The number of nitrogens with one attached hydrogen (secondary N) is 2. The fraction of sp³-hybridized carbons (Fsp3) is 0.529. The monoisotopic (exact) mass is 383 g/mol. The number of rotatable bonds is 4. The summed E-state index contributed by atoms with van der Waals surface area (Å²) in [6.07, 6.45) is 0.819. The van der Waals surface area contributed by atoms with Crippen molar-refractivity contribution < 1.29 is 23.1 Å². The number of hydrogen-bond donors (Lipinski definition) is 3. The van der Waals surface area contributed by atoms with Crippen LogP contribution in [-0.4, -0.2) is 49.1 Å². The molecule has 9 heteroatoms. The molecule has 1 aromatic rings. The fourth-order valence-corrected chi connectivity index (χ4v) is 4.20. The Labute approximate surface area is 153 Å². The van der Waals surface area contributed by atoms with Gasteiger partial charge in [-0.15, -0.1) is 0 Å². The summed E-state index contributed by atoms with van der Waals surface area (Å²) >= 11 is 0. The number of aliphatic carboxylic acids is 1. The van der Waals surface area contributed by atoms with E-state index in [0.717, 1.165) is 0 Å². The van der Waals surface area contributed by atoms with E-state index in [1.807, 2.05) is 0 Å². The smallest absolute Gasteiger partial charge is 0.321 e. The molecular weight excluding hydrogens is 358 g/mol. The van der Waals surface area contributed by atoms with Gasteiger partial charge in [-0.25, -0.2) is 17.9 Å². The Balaban J connectivity index is 2.05. The van der Waals surface area contributed by atoms with Gasteiger partial charge in [0.25, 0.3) is 0 Å². The number of hydrogen-bond acceptors (Lipinski definition) is 4. The van der Waals surface area contributed by atoms with E-state index in [0.29, 0.717) is 31.6 Å². The first kappa shape index (κ1) is 20.2. The van der Waals surface area contributed by atoms with E-state index < -0.39 is 27.4 Å². The molecule has 1 saturated heterocycles. The average Bonchev–Trinajstić information content (AvgIpc) is 2.53. The van der Waals surface area contributed by atoms with E-state index in [1.165, 1.54) is 17.0 Å². The van der Waals surface area contributed by atoms with Crippen molar-refractivity contribution in [1.82, 2.24) is 9.62 Å². The molecular formula is C17H25N3O5S. The number of carbonyl (C=O) groups excluding carboxylic acids is 1. The van der Waals surface area contributed by atoms with Crippen molar-refractivity contribution in [2.45, 2.75) is 44.0 Å². The normalized spacial score (nSPS) is 16.3. The summed E-state index contributed by atoms with van der Waals surface area (Å²) in [4.78, 5) is 24.9. The Kier molecular flexibility index (Phi) is 5.92. The minimum atomic E-state index is -3.70. The van der Waals surface area contributed by atoms with Crippen molar-refractivity contribution in [3.05, 3.63) is 24.3 Å². The molecule has 0 aromatic heterocycles. The van der Waals surface area contributed by atoms with Crippen LogP contribution in [0.3, 0.4) is 0 Å². The molecule has 0 unspecified atom stereocenters. The Morgan fingerprint density at radius 3 is 2.35 bits per heavy atom. The quantitative estimate of drug-likeness (QED) is 0.736. The lowest BCUT2D eigenvalue weighted by Crippen LogP contribution is -2.42. The highest BCUT2D eigenvalue weighted by Gasteiger charge is 2.27. The lowest BCUT2D eigenvalue weighted by molar-refractivity contribution is -0.143. The van der Waals surface area contributed by atoms with Gasteiger partial charge in [0, 0.05) is 24.3 Å². The van der Waals surface area contributed by atoms with E-state index in [1.54, 1.807) is 32.9 Å². The molecule has 0 bridgehead atoms. The molecule has 1 heterocycles. The van der Waals surface area contributed by atoms with Crippen molar-refractivity contribution in [3.63, 3.8) is 0 Å².